The van der Waals surface area contributed by atoms with Gasteiger partial charge in [0.25, 0.3) is 5.91 Å². The number of hydrogen-bond donors (Lipinski definition) is 3. The van der Waals surface area contributed by atoms with E-state index in [1.807, 2.05) is 0 Å². The first-order valence-corrected chi connectivity index (χ1v) is 10.5. The van der Waals surface area contributed by atoms with Crippen LogP contribution < -0.4 is 20.1 Å². The van der Waals surface area contributed by atoms with Crippen molar-refractivity contribution < 1.29 is 22.7 Å². The first-order chi connectivity index (χ1) is 13.5. The van der Waals surface area contributed by atoms with Crippen molar-refractivity contribution in [3.05, 3.63) is 47.0 Å². The quantitative estimate of drug-likeness (QED) is 0.612. The zero-order valence-corrected chi connectivity index (χ0v) is 17.9. The number of carbonyl (C=O) groups excluding carboxylic acids is 2. The topological polar surface area (TPSA) is 114 Å². The number of anilines is 2. The van der Waals surface area contributed by atoms with E-state index in [1.165, 1.54) is 38.3 Å². The van der Waals surface area contributed by atoms with Gasteiger partial charge >= 0.3 is 0 Å². The summed E-state index contributed by atoms with van der Waals surface area (Å²) in [6.07, 6.45) is 0. The maximum absolute atomic E-state index is 12.7. The molecule has 0 aliphatic rings. The van der Waals surface area contributed by atoms with Crippen LogP contribution in [-0.2, 0) is 14.8 Å². The highest BCUT2D eigenvalue weighted by Crippen LogP contribution is 2.28. The fourth-order valence-corrected chi connectivity index (χ4v) is 4.13. The van der Waals surface area contributed by atoms with Crippen LogP contribution in [0.5, 0.6) is 5.75 Å². The smallest absolute Gasteiger partial charge is 0.255 e. The molecule has 0 atom stereocenters. The Morgan fingerprint density at radius 1 is 1.03 bits per heavy atom. The van der Waals surface area contributed by atoms with E-state index in [0.29, 0.717) is 10.7 Å². The second kappa shape index (κ2) is 9.25. The summed E-state index contributed by atoms with van der Waals surface area (Å²) >= 11 is 5.99. The Labute approximate surface area is 174 Å². The highest BCUT2D eigenvalue weighted by molar-refractivity contribution is 7.89. The fraction of sp³-hybridized carbons (Fsp3) is 0.263. The summed E-state index contributed by atoms with van der Waals surface area (Å²) < 4.78 is 32.8. The molecule has 0 aromatic heterocycles. The third kappa shape index (κ3) is 5.93. The summed E-state index contributed by atoms with van der Waals surface area (Å²) in [4.78, 5) is 24.0. The van der Waals surface area contributed by atoms with Crippen LogP contribution in [0.25, 0.3) is 0 Å². The van der Waals surface area contributed by atoms with Gasteiger partial charge in [-0.15, -0.1) is 0 Å². The van der Waals surface area contributed by atoms with E-state index >= 15 is 0 Å². The molecule has 156 valence electrons. The minimum Gasteiger partial charge on any atom is -0.495 e. The van der Waals surface area contributed by atoms with Gasteiger partial charge in [0.15, 0.2) is 0 Å². The Balaban J connectivity index is 2.41. The monoisotopic (exact) mass is 439 g/mol. The van der Waals surface area contributed by atoms with Gasteiger partial charge in [0, 0.05) is 23.6 Å². The maximum atomic E-state index is 12.7. The molecule has 2 aromatic rings. The average molecular weight is 440 g/mol. The van der Waals surface area contributed by atoms with Crippen LogP contribution >= 0.6 is 11.6 Å². The van der Waals surface area contributed by atoms with E-state index in [0.717, 1.165) is 0 Å². The van der Waals surface area contributed by atoms with Gasteiger partial charge in [0.05, 0.1) is 18.5 Å². The number of sulfonamides is 1. The molecule has 29 heavy (non-hydrogen) atoms. The molecule has 0 saturated heterocycles. The number of ether oxygens (including phenoxy) is 1. The van der Waals surface area contributed by atoms with E-state index < -0.39 is 15.9 Å². The largest absolute Gasteiger partial charge is 0.495 e. The molecule has 8 nitrogen and oxygen atoms in total. The number of nitrogens with one attached hydrogen (secondary N) is 3. The number of rotatable bonds is 7. The molecule has 0 fully saturated rings. The normalized spacial score (nSPS) is 11.2. The van der Waals surface area contributed by atoms with Gasteiger partial charge < -0.3 is 15.4 Å². The Bertz CT molecular complexity index is 1040. The van der Waals surface area contributed by atoms with Crippen LogP contribution in [0, 0.1) is 0 Å². The van der Waals surface area contributed by atoms with Crippen LogP contribution in [0.1, 0.15) is 31.1 Å². The molecule has 0 aliphatic carbocycles. The summed E-state index contributed by atoms with van der Waals surface area (Å²) in [7, 11) is -2.55. The lowest BCUT2D eigenvalue weighted by molar-refractivity contribution is -0.114. The summed E-state index contributed by atoms with van der Waals surface area (Å²) in [6.45, 7) is 4.70. The number of amides is 2. The van der Waals surface area contributed by atoms with Gasteiger partial charge in [-0.05, 0) is 50.2 Å². The molecule has 0 spiro atoms. The summed E-state index contributed by atoms with van der Waals surface area (Å²) in [5.74, 6) is -0.792. The molecule has 0 aliphatic heterocycles. The summed E-state index contributed by atoms with van der Waals surface area (Å²) in [5, 5.41) is 5.59. The second-order valence-corrected chi connectivity index (χ2v) is 8.59. The van der Waals surface area contributed by atoms with Crippen molar-refractivity contribution in [2.75, 3.05) is 17.7 Å². The lowest BCUT2D eigenvalue weighted by Gasteiger charge is -2.15. The third-order valence-electron chi connectivity index (χ3n) is 3.65. The Morgan fingerprint density at radius 3 is 2.31 bits per heavy atom. The molecule has 0 saturated carbocycles. The lowest BCUT2D eigenvalue weighted by Crippen LogP contribution is -2.30. The Morgan fingerprint density at radius 2 is 1.72 bits per heavy atom. The first kappa shape index (κ1) is 22.7. The van der Waals surface area contributed by atoms with Crippen molar-refractivity contribution in [1.82, 2.24) is 4.72 Å². The minimum absolute atomic E-state index is 0.0867. The number of methoxy groups -OCH3 is 1. The zero-order chi connectivity index (χ0) is 21.8. The Kier molecular flexibility index (Phi) is 7.23. The first-order valence-electron chi connectivity index (χ1n) is 8.62. The number of halogens is 1. The second-order valence-electron chi connectivity index (χ2n) is 6.47. The summed E-state index contributed by atoms with van der Waals surface area (Å²) in [5.41, 5.74) is 0.722. The Hall–Kier alpha value is -2.62. The van der Waals surface area contributed by atoms with Crippen molar-refractivity contribution in [3.63, 3.8) is 0 Å². The predicted octanol–water partition coefficient (Wildman–Crippen LogP) is 3.25. The van der Waals surface area contributed by atoms with Gasteiger partial charge in [0.2, 0.25) is 15.9 Å². The number of hydrogen-bond acceptors (Lipinski definition) is 5. The van der Waals surface area contributed by atoms with Gasteiger partial charge in [-0.1, -0.05) is 11.6 Å². The number of benzene rings is 2. The van der Waals surface area contributed by atoms with Gasteiger partial charge in [-0.25, -0.2) is 13.1 Å². The average Bonchev–Trinajstić information content (AvgIpc) is 2.62. The fourth-order valence-electron chi connectivity index (χ4n) is 2.51. The highest BCUT2D eigenvalue weighted by Gasteiger charge is 2.23. The van der Waals surface area contributed by atoms with Crippen LogP contribution in [0.15, 0.2) is 41.3 Å². The van der Waals surface area contributed by atoms with Crippen LogP contribution in [0.4, 0.5) is 11.4 Å². The minimum atomic E-state index is -3.90. The molecule has 2 rings (SSSR count). The molecular weight excluding hydrogens is 418 g/mol. The summed E-state index contributed by atoms with van der Waals surface area (Å²) in [6, 6.07) is 8.32. The molecule has 0 unspecified atom stereocenters. The van der Waals surface area contributed by atoms with Gasteiger partial charge in [-0.2, -0.15) is 0 Å². The van der Waals surface area contributed by atoms with Crippen LogP contribution in [0.2, 0.25) is 5.02 Å². The molecular formula is C19H22ClN3O5S. The molecule has 3 N–H and O–H groups in total. The van der Waals surface area contributed by atoms with E-state index in [1.54, 1.807) is 26.0 Å². The van der Waals surface area contributed by atoms with Gasteiger partial charge in [0.1, 0.15) is 10.6 Å². The third-order valence-corrected chi connectivity index (χ3v) is 5.56. The van der Waals surface area contributed by atoms with E-state index in [9.17, 15) is 18.0 Å². The highest BCUT2D eigenvalue weighted by atomic mass is 35.5. The molecule has 2 amide bonds. The van der Waals surface area contributed by atoms with Crippen LogP contribution in [0.3, 0.4) is 0 Å². The van der Waals surface area contributed by atoms with Crippen molar-refractivity contribution >= 4 is 44.8 Å². The molecule has 0 radical (unpaired) electrons. The predicted molar refractivity (Wildman–Crippen MR) is 112 cm³/mol. The maximum Gasteiger partial charge on any atom is 0.255 e. The van der Waals surface area contributed by atoms with Crippen molar-refractivity contribution in [1.29, 1.82) is 0 Å². The van der Waals surface area contributed by atoms with E-state index in [2.05, 4.69) is 15.4 Å². The molecule has 0 bridgehead atoms. The van der Waals surface area contributed by atoms with Crippen molar-refractivity contribution in [2.45, 2.75) is 31.7 Å². The van der Waals surface area contributed by atoms with Crippen molar-refractivity contribution in [2.24, 2.45) is 0 Å². The lowest BCUT2D eigenvalue weighted by atomic mass is 10.2. The molecule has 10 heteroatoms. The number of carbonyl (C=O) groups is 2. The molecule has 2 aromatic carbocycles. The zero-order valence-electron chi connectivity index (χ0n) is 16.4. The molecule has 0 heterocycles. The van der Waals surface area contributed by atoms with E-state index in [4.69, 9.17) is 16.3 Å². The van der Waals surface area contributed by atoms with Crippen molar-refractivity contribution in [3.8, 4) is 5.75 Å². The van der Waals surface area contributed by atoms with Gasteiger partial charge in [-0.3, -0.25) is 9.59 Å². The van der Waals surface area contributed by atoms with E-state index in [-0.39, 0.29) is 33.8 Å². The standard InChI is InChI=1S/C19H22ClN3O5S/c1-11(2)23-29(26,27)18-9-13(5-8-17(18)28-4)19(25)22-16-10-14(20)6-7-15(16)21-12(3)24/h5-11,23H,1-4H3,(H,21,24)(H,22,25). The van der Waals surface area contributed by atoms with Crippen LogP contribution in [-0.4, -0.2) is 33.4 Å². The SMILES string of the molecule is COc1ccc(C(=O)Nc2cc(Cl)ccc2NC(C)=O)cc1S(=O)(=O)NC(C)C.